The lowest BCUT2D eigenvalue weighted by Crippen LogP contribution is -2.20. The lowest BCUT2D eigenvalue weighted by molar-refractivity contribution is 0.0527. The molecule has 0 radical (unpaired) electrons. The second-order valence-corrected chi connectivity index (χ2v) is 7.41. The molecule has 4 aromatic rings. The molecule has 0 atom stereocenters. The largest absolute Gasteiger partial charge is 0.462 e. The van der Waals surface area contributed by atoms with Crippen LogP contribution < -0.4 is 10.7 Å². The smallest absolute Gasteiger partial charge is 0.340 e. The Labute approximate surface area is 188 Å². The number of rotatable bonds is 6. The van der Waals surface area contributed by atoms with Gasteiger partial charge < -0.3 is 15.0 Å². The van der Waals surface area contributed by atoms with Crippen molar-refractivity contribution < 1.29 is 14.3 Å². The molecule has 0 unspecified atom stereocenters. The molecule has 0 aliphatic heterocycles. The SMILES string of the molecule is CCOC(=O)c1ccccc1Nc1[nH]c2ccccc2c(=O)c1C(=O)c1ccc(Cl)cc1. The number of ether oxygens (including phenoxy) is 1. The van der Waals surface area contributed by atoms with Crippen LogP contribution in [-0.2, 0) is 4.74 Å². The van der Waals surface area contributed by atoms with E-state index in [2.05, 4.69) is 10.3 Å². The number of para-hydroxylation sites is 2. The van der Waals surface area contributed by atoms with Gasteiger partial charge in [0.15, 0.2) is 0 Å². The van der Waals surface area contributed by atoms with Crippen LogP contribution in [0.25, 0.3) is 10.9 Å². The minimum absolute atomic E-state index is 0.0651. The Morgan fingerprint density at radius 1 is 0.969 bits per heavy atom. The molecule has 0 amide bonds. The normalized spacial score (nSPS) is 10.7. The van der Waals surface area contributed by atoms with Crippen molar-refractivity contribution in [3.8, 4) is 0 Å². The van der Waals surface area contributed by atoms with Gasteiger partial charge in [-0.1, -0.05) is 35.9 Å². The van der Waals surface area contributed by atoms with Crippen LogP contribution in [0, 0.1) is 0 Å². The third kappa shape index (κ3) is 4.13. The molecule has 0 aliphatic carbocycles. The number of fused-ring (bicyclic) bond motifs is 1. The number of ketones is 1. The average molecular weight is 447 g/mol. The van der Waals surface area contributed by atoms with Crippen LogP contribution in [-0.4, -0.2) is 23.3 Å². The Kier molecular flexibility index (Phi) is 6.05. The first-order chi connectivity index (χ1) is 15.5. The van der Waals surface area contributed by atoms with Gasteiger partial charge in [0.1, 0.15) is 11.4 Å². The highest BCUT2D eigenvalue weighted by molar-refractivity contribution is 6.30. The topological polar surface area (TPSA) is 88.3 Å². The quantitative estimate of drug-likeness (QED) is 0.308. The second kappa shape index (κ2) is 9.08. The first-order valence-electron chi connectivity index (χ1n) is 9.98. The van der Waals surface area contributed by atoms with Crippen LogP contribution in [0.3, 0.4) is 0 Å². The number of aromatic amines is 1. The molecular weight excluding hydrogens is 428 g/mol. The number of nitrogens with one attached hydrogen (secondary N) is 2. The van der Waals surface area contributed by atoms with E-state index < -0.39 is 17.2 Å². The molecule has 0 saturated heterocycles. The van der Waals surface area contributed by atoms with Crippen LogP contribution in [0.1, 0.15) is 33.2 Å². The van der Waals surface area contributed by atoms with Crippen LogP contribution in [0.4, 0.5) is 11.5 Å². The lowest BCUT2D eigenvalue weighted by atomic mass is 10.0. The van der Waals surface area contributed by atoms with Gasteiger partial charge in [0.2, 0.25) is 11.2 Å². The molecule has 4 rings (SSSR count). The Hall–Kier alpha value is -3.90. The molecule has 1 heterocycles. The second-order valence-electron chi connectivity index (χ2n) is 6.98. The van der Waals surface area contributed by atoms with E-state index >= 15 is 0 Å². The van der Waals surface area contributed by atoms with E-state index in [4.69, 9.17) is 16.3 Å². The van der Waals surface area contributed by atoms with E-state index in [0.717, 1.165) is 0 Å². The van der Waals surface area contributed by atoms with E-state index in [1.165, 1.54) is 0 Å². The zero-order valence-electron chi connectivity index (χ0n) is 17.1. The highest BCUT2D eigenvalue weighted by Gasteiger charge is 2.22. The van der Waals surface area contributed by atoms with Crippen molar-refractivity contribution in [1.82, 2.24) is 4.98 Å². The monoisotopic (exact) mass is 446 g/mol. The number of hydrogen-bond donors (Lipinski definition) is 2. The van der Waals surface area contributed by atoms with Crippen LogP contribution in [0.15, 0.2) is 77.6 Å². The van der Waals surface area contributed by atoms with Gasteiger partial charge >= 0.3 is 5.97 Å². The first kappa shape index (κ1) is 21.3. The fourth-order valence-electron chi connectivity index (χ4n) is 3.41. The maximum absolute atomic E-state index is 13.4. The molecule has 0 fully saturated rings. The van der Waals surface area contributed by atoms with Gasteiger partial charge in [-0.05, 0) is 55.5 Å². The number of aromatic nitrogens is 1. The number of pyridine rings is 1. The molecule has 3 aromatic carbocycles. The molecule has 7 heteroatoms. The summed E-state index contributed by atoms with van der Waals surface area (Å²) in [4.78, 5) is 42.2. The number of hydrogen-bond acceptors (Lipinski definition) is 5. The number of H-pyrrole nitrogens is 1. The van der Waals surface area contributed by atoms with Gasteiger partial charge in [-0.25, -0.2) is 4.79 Å². The Balaban J connectivity index is 1.89. The first-order valence-corrected chi connectivity index (χ1v) is 10.4. The Morgan fingerprint density at radius 3 is 2.41 bits per heavy atom. The predicted octanol–water partition coefficient (Wildman–Crippen LogP) is 5.33. The van der Waals surface area contributed by atoms with E-state index in [1.807, 2.05) is 0 Å². The standard InChI is InChI=1S/C25H19ClN2O4/c1-2-32-25(31)18-8-4-6-10-20(18)28-24-21(22(29)15-11-13-16(26)14-12-15)23(30)17-7-3-5-9-19(17)27-24/h3-14H,2H2,1H3,(H2,27,28,30). The zero-order valence-corrected chi connectivity index (χ0v) is 17.9. The number of carbonyl (C=O) groups is 2. The summed E-state index contributed by atoms with van der Waals surface area (Å²) < 4.78 is 5.13. The molecule has 160 valence electrons. The number of carbonyl (C=O) groups excluding carboxylic acids is 2. The van der Waals surface area contributed by atoms with Crippen LogP contribution in [0.2, 0.25) is 5.02 Å². The van der Waals surface area contributed by atoms with Gasteiger partial charge in [-0.3, -0.25) is 9.59 Å². The minimum atomic E-state index is -0.510. The molecule has 6 nitrogen and oxygen atoms in total. The van der Waals surface area contributed by atoms with Crippen molar-refractivity contribution in [2.75, 3.05) is 11.9 Å². The van der Waals surface area contributed by atoms with Gasteiger partial charge in [-0.2, -0.15) is 0 Å². The van der Waals surface area contributed by atoms with E-state index in [-0.39, 0.29) is 23.6 Å². The molecule has 0 spiro atoms. The fraction of sp³-hybridized carbons (Fsp3) is 0.0800. The minimum Gasteiger partial charge on any atom is -0.462 e. The molecule has 0 aliphatic rings. The zero-order chi connectivity index (χ0) is 22.7. The van der Waals surface area contributed by atoms with E-state index in [9.17, 15) is 14.4 Å². The third-order valence-corrected chi connectivity index (χ3v) is 5.18. The summed E-state index contributed by atoms with van der Waals surface area (Å²) in [5.41, 5.74) is 1.08. The highest BCUT2D eigenvalue weighted by Crippen LogP contribution is 2.25. The molecular formula is C25H19ClN2O4. The Bertz CT molecular complexity index is 1380. The molecule has 1 aromatic heterocycles. The summed E-state index contributed by atoms with van der Waals surface area (Å²) in [5.74, 6) is -0.792. The molecule has 0 bridgehead atoms. The maximum atomic E-state index is 13.4. The number of benzene rings is 3. The van der Waals surface area contributed by atoms with Crippen LogP contribution >= 0.6 is 11.6 Å². The third-order valence-electron chi connectivity index (χ3n) is 4.92. The molecule has 32 heavy (non-hydrogen) atoms. The maximum Gasteiger partial charge on any atom is 0.340 e. The summed E-state index contributed by atoms with van der Waals surface area (Å²) in [5, 5.41) is 3.94. The van der Waals surface area contributed by atoms with Gasteiger partial charge in [0, 0.05) is 16.0 Å². The highest BCUT2D eigenvalue weighted by atomic mass is 35.5. The van der Waals surface area contributed by atoms with Gasteiger partial charge in [0.05, 0.1) is 23.4 Å². The van der Waals surface area contributed by atoms with Crippen LogP contribution in [0.5, 0.6) is 0 Å². The summed E-state index contributed by atoms with van der Waals surface area (Å²) in [7, 11) is 0. The fourth-order valence-corrected chi connectivity index (χ4v) is 3.53. The van der Waals surface area contributed by atoms with Crippen molar-refractivity contribution in [1.29, 1.82) is 0 Å². The molecule has 2 N–H and O–H groups in total. The van der Waals surface area contributed by atoms with Crippen molar-refractivity contribution in [3.05, 3.63) is 105 Å². The molecule has 0 saturated carbocycles. The predicted molar refractivity (Wildman–Crippen MR) is 125 cm³/mol. The number of esters is 1. The average Bonchev–Trinajstić information content (AvgIpc) is 2.80. The van der Waals surface area contributed by atoms with Crippen molar-refractivity contribution in [3.63, 3.8) is 0 Å². The van der Waals surface area contributed by atoms with Crippen molar-refractivity contribution in [2.24, 2.45) is 0 Å². The number of anilines is 2. The summed E-state index contributed by atoms with van der Waals surface area (Å²) in [6.45, 7) is 1.94. The van der Waals surface area contributed by atoms with Gasteiger partial charge in [0.25, 0.3) is 0 Å². The summed E-state index contributed by atoms with van der Waals surface area (Å²) >= 11 is 5.95. The van der Waals surface area contributed by atoms with Gasteiger partial charge in [-0.15, -0.1) is 0 Å². The van der Waals surface area contributed by atoms with E-state index in [0.29, 0.717) is 27.2 Å². The van der Waals surface area contributed by atoms with Crippen molar-refractivity contribution in [2.45, 2.75) is 6.92 Å². The summed E-state index contributed by atoms with van der Waals surface area (Å²) in [6, 6.07) is 20.0. The Morgan fingerprint density at radius 2 is 1.66 bits per heavy atom. The summed E-state index contributed by atoms with van der Waals surface area (Å²) in [6.07, 6.45) is 0. The van der Waals surface area contributed by atoms with Crippen molar-refractivity contribution >= 4 is 45.8 Å². The van der Waals surface area contributed by atoms with E-state index in [1.54, 1.807) is 79.7 Å². The number of halogens is 1. The lowest BCUT2D eigenvalue weighted by Gasteiger charge is -2.15.